The number of rotatable bonds is 2. The Hall–Kier alpha value is -1.98. The first-order valence-corrected chi connectivity index (χ1v) is 6.75. The molecular formula is C15H18F2N2O2. The Balaban J connectivity index is 2.07. The molecule has 1 aliphatic rings. The maximum Gasteiger partial charge on any atom is 0.229 e. The first-order chi connectivity index (χ1) is 9.68. The Morgan fingerprint density at radius 3 is 2.52 bits per heavy atom. The van der Waals surface area contributed by atoms with Gasteiger partial charge in [-0.05, 0) is 32.9 Å². The largest absolute Gasteiger partial charge is 0.337 e. The normalized spacial score (nSPS) is 19.0. The minimum Gasteiger partial charge on any atom is -0.337 e. The standard InChI is InChI=1S/C15H18F2N2O2/c1-15(2,3)19-8-9(6-13(19)20)14(21)18-12-5-4-10(16)7-11(12)17/h4-5,7,9H,6,8H2,1-3H3,(H,18,21)/t9-/m1/s1. The van der Waals surface area contributed by atoms with E-state index in [0.717, 1.165) is 6.07 Å². The number of hydrogen-bond acceptors (Lipinski definition) is 2. The van der Waals surface area contributed by atoms with E-state index in [1.54, 1.807) is 4.90 Å². The van der Waals surface area contributed by atoms with Crippen molar-refractivity contribution in [1.29, 1.82) is 0 Å². The molecule has 2 amide bonds. The van der Waals surface area contributed by atoms with E-state index in [1.807, 2.05) is 20.8 Å². The summed E-state index contributed by atoms with van der Waals surface area (Å²) in [6, 6.07) is 2.94. The van der Waals surface area contributed by atoms with Crippen LogP contribution in [0.4, 0.5) is 14.5 Å². The highest BCUT2D eigenvalue weighted by molar-refractivity contribution is 5.97. The summed E-state index contributed by atoms with van der Waals surface area (Å²) in [5.41, 5.74) is -0.434. The van der Waals surface area contributed by atoms with Crippen LogP contribution in [0.5, 0.6) is 0 Å². The number of halogens is 2. The van der Waals surface area contributed by atoms with E-state index < -0.39 is 23.5 Å². The number of nitrogens with one attached hydrogen (secondary N) is 1. The van der Waals surface area contributed by atoms with Crippen molar-refractivity contribution < 1.29 is 18.4 Å². The summed E-state index contributed by atoms with van der Waals surface area (Å²) in [6.07, 6.45) is 0.103. The lowest BCUT2D eigenvalue weighted by Crippen LogP contribution is -2.42. The van der Waals surface area contributed by atoms with E-state index in [4.69, 9.17) is 0 Å². The molecule has 0 bridgehead atoms. The van der Waals surface area contributed by atoms with Crippen LogP contribution >= 0.6 is 0 Å². The molecule has 21 heavy (non-hydrogen) atoms. The Morgan fingerprint density at radius 2 is 2.00 bits per heavy atom. The molecule has 1 aliphatic heterocycles. The summed E-state index contributed by atoms with van der Waals surface area (Å²) in [7, 11) is 0. The zero-order valence-corrected chi connectivity index (χ0v) is 12.2. The van der Waals surface area contributed by atoms with Gasteiger partial charge in [0.15, 0.2) is 0 Å². The average Bonchev–Trinajstić information content (AvgIpc) is 2.75. The SMILES string of the molecule is CC(C)(C)N1C[C@H](C(=O)Nc2ccc(F)cc2F)CC1=O. The third-order valence-electron chi connectivity index (χ3n) is 3.49. The minimum absolute atomic E-state index is 0.0805. The van der Waals surface area contributed by atoms with E-state index >= 15 is 0 Å². The van der Waals surface area contributed by atoms with Gasteiger partial charge >= 0.3 is 0 Å². The van der Waals surface area contributed by atoms with Gasteiger partial charge in [-0.15, -0.1) is 0 Å². The van der Waals surface area contributed by atoms with Crippen LogP contribution in [-0.2, 0) is 9.59 Å². The number of hydrogen-bond donors (Lipinski definition) is 1. The molecule has 4 nitrogen and oxygen atoms in total. The summed E-state index contributed by atoms with van der Waals surface area (Å²) in [5.74, 6) is -2.59. The molecule has 0 radical (unpaired) electrons. The Labute approximate surface area is 122 Å². The van der Waals surface area contributed by atoms with Crippen LogP contribution in [0, 0.1) is 17.6 Å². The van der Waals surface area contributed by atoms with Gasteiger partial charge in [0.25, 0.3) is 0 Å². The van der Waals surface area contributed by atoms with Crippen molar-refractivity contribution in [3.63, 3.8) is 0 Å². The predicted octanol–water partition coefficient (Wildman–Crippen LogP) is 2.55. The molecule has 1 aromatic rings. The molecule has 1 N–H and O–H groups in total. The van der Waals surface area contributed by atoms with Crippen molar-refractivity contribution >= 4 is 17.5 Å². The summed E-state index contributed by atoms with van der Waals surface area (Å²) in [5, 5.41) is 2.41. The van der Waals surface area contributed by atoms with Crippen LogP contribution in [0.15, 0.2) is 18.2 Å². The molecule has 1 heterocycles. The molecular weight excluding hydrogens is 278 g/mol. The lowest BCUT2D eigenvalue weighted by atomic mass is 10.1. The minimum atomic E-state index is -0.833. The van der Waals surface area contributed by atoms with Gasteiger partial charge in [0, 0.05) is 24.6 Å². The van der Waals surface area contributed by atoms with E-state index in [1.165, 1.54) is 6.07 Å². The molecule has 2 rings (SSSR count). The van der Waals surface area contributed by atoms with Gasteiger partial charge in [0.2, 0.25) is 11.8 Å². The smallest absolute Gasteiger partial charge is 0.229 e. The van der Waals surface area contributed by atoms with Crippen LogP contribution < -0.4 is 5.32 Å². The Kier molecular flexibility index (Phi) is 3.98. The van der Waals surface area contributed by atoms with Crippen LogP contribution in [0.1, 0.15) is 27.2 Å². The maximum atomic E-state index is 13.5. The summed E-state index contributed by atoms with van der Waals surface area (Å²) in [6.45, 7) is 5.98. The second kappa shape index (κ2) is 5.42. The lowest BCUT2D eigenvalue weighted by Gasteiger charge is -2.31. The zero-order valence-electron chi connectivity index (χ0n) is 12.2. The van der Waals surface area contributed by atoms with Crippen molar-refractivity contribution in [3.8, 4) is 0 Å². The van der Waals surface area contributed by atoms with Gasteiger partial charge in [-0.1, -0.05) is 0 Å². The molecule has 1 saturated heterocycles. The summed E-state index contributed by atoms with van der Waals surface area (Å²) >= 11 is 0. The quantitative estimate of drug-likeness (QED) is 0.912. The molecule has 0 unspecified atom stereocenters. The number of amides is 2. The van der Waals surface area contributed by atoms with Crippen LogP contribution in [0.25, 0.3) is 0 Å². The third kappa shape index (κ3) is 3.37. The molecule has 0 aliphatic carbocycles. The Bertz CT molecular complexity index is 582. The summed E-state index contributed by atoms with van der Waals surface area (Å²) in [4.78, 5) is 25.7. The van der Waals surface area contributed by atoms with Gasteiger partial charge in [-0.3, -0.25) is 9.59 Å². The molecule has 1 atom stereocenters. The molecule has 6 heteroatoms. The second-order valence-corrected chi connectivity index (χ2v) is 6.19. The second-order valence-electron chi connectivity index (χ2n) is 6.19. The molecule has 0 spiro atoms. The number of likely N-dealkylation sites (tertiary alicyclic amines) is 1. The van der Waals surface area contributed by atoms with Gasteiger partial charge < -0.3 is 10.2 Å². The van der Waals surface area contributed by atoms with Crippen LogP contribution in [0.3, 0.4) is 0 Å². The fraction of sp³-hybridized carbons (Fsp3) is 0.467. The predicted molar refractivity (Wildman–Crippen MR) is 74.6 cm³/mol. The lowest BCUT2D eigenvalue weighted by molar-refractivity contribution is -0.131. The van der Waals surface area contributed by atoms with Crippen molar-refractivity contribution in [2.75, 3.05) is 11.9 Å². The van der Waals surface area contributed by atoms with E-state index in [-0.39, 0.29) is 23.6 Å². The highest BCUT2D eigenvalue weighted by Crippen LogP contribution is 2.27. The number of nitrogens with zero attached hydrogens (tertiary/aromatic N) is 1. The molecule has 0 aromatic heterocycles. The van der Waals surface area contributed by atoms with Gasteiger partial charge in [0.1, 0.15) is 11.6 Å². The van der Waals surface area contributed by atoms with E-state index in [0.29, 0.717) is 12.6 Å². The Morgan fingerprint density at radius 1 is 1.33 bits per heavy atom. The molecule has 1 aromatic carbocycles. The van der Waals surface area contributed by atoms with Crippen molar-refractivity contribution in [3.05, 3.63) is 29.8 Å². The van der Waals surface area contributed by atoms with Gasteiger partial charge in [0.05, 0.1) is 11.6 Å². The molecule has 0 saturated carbocycles. The van der Waals surface area contributed by atoms with Gasteiger partial charge in [-0.2, -0.15) is 0 Å². The third-order valence-corrected chi connectivity index (χ3v) is 3.49. The maximum absolute atomic E-state index is 13.5. The van der Waals surface area contributed by atoms with E-state index in [2.05, 4.69) is 5.32 Å². The van der Waals surface area contributed by atoms with Crippen molar-refractivity contribution in [1.82, 2.24) is 4.90 Å². The summed E-state index contributed by atoms with van der Waals surface area (Å²) < 4.78 is 26.3. The number of carbonyl (C=O) groups is 2. The first-order valence-electron chi connectivity index (χ1n) is 6.75. The highest BCUT2D eigenvalue weighted by Gasteiger charge is 2.39. The molecule has 1 fully saturated rings. The van der Waals surface area contributed by atoms with Gasteiger partial charge in [-0.25, -0.2) is 8.78 Å². The van der Waals surface area contributed by atoms with Crippen LogP contribution in [0.2, 0.25) is 0 Å². The van der Waals surface area contributed by atoms with Crippen molar-refractivity contribution in [2.45, 2.75) is 32.7 Å². The monoisotopic (exact) mass is 296 g/mol. The topological polar surface area (TPSA) is 49.4 Å². The number of carbonyl (C=O) groups excluding carboxylic acids is 2. The number of benzene rings is 1. The first kappa shape index (κ1) is 15.4. The van der Waals surface area contributed by atoms with E-state index in [9.17, 15) is 18.4 Å². The average molecular weight is 296 g/mol. The van der Waals surface area contributed by atoms with Crippen molar-refractivity contribution in [2.24, 2.45) is 5.92 Å². The molecule has 114 valence electrons. The highest BCUT2D eigenvalue weighted by atomic mass is 19.1. The fourth-order valence-corrected chi connectivity index (χ4v) is 2.36. The van der Waals surface area contributed by atoms with Crippen LogP contribution in [-0.4, -0.2) is 28.8 Å². The number of anilines is 1. The fourth-order valence-electron chi connectivity index (χ4n) is 2.36. The zero-order chi connectivity index (χ0) is 15.8.